The molecule has 0 radical (unpaired) electrons. The van der Waals surface area contributed by atoms with Crippen molar-refractivity contribution in [3.63, 3.8) is 0 Å². The van der Waals surface area contributed by atoms with Gasteiger partial charge in [-0.2, -0.15) is 0 Å². The number of methoxy groups -OCH3 is 1. The molecule has 0 saturated carbocycles. The number of likely N-dealkylation sites (tertiary alicyclic amines) is 1. The van der Waals surface area contributed by atoms with E-state index in [1.807, 2.05) is 22.5 Å². The minimum absolute atomic E-state index is 0.0481. The average Bonchev–Trinajstić information content (AvgIpc) is 3.37. The van der Waals surface area contributed by atoms with Crippen molar-refractivity contribution >= 4 is 17.6 Å². The summed E-state index contributed by atoms with van der Waals surface area (Å²) in [5.41, 5.74) is 2.15. The molecule has 9 heteroatoms. The summed E-state index contributed by atoms with van der Waals surface area (Å²) in [7, 11) is 1.63. The highest BCUT2D eigenvalue weighted by Gasteiger charge is 2.20. The molecule has 1 fully saturated rings. The molecule has 0 unspecified atom stereocenters. The lowest BCUT2D eigenvalue weighted by Gasteiger charge is -2.16. The van der Waals surface area contributed by atoms with E-state index in [0.29, 0.717) is 30.2 Å². The molecule has 0 aliphatic carbocycles. The van der Waals surface area contributed by atoms with E-state index in [1.165, 1.54) is 0 Å². The summed E-state index contributed by atoms with van der Waals surface area (Å²) in [5.74, 6) is 0.697. The van der Waals surface area contributed by atoms with Crippen LogP contribution in [-0.2, 0) is 17.8 Å². The van der Waals surface area contributed by atoms with Gasteiger partial charge in [0.15, 0.2) is 5.82 Å². The molecular weight excluding hydrogens is 360 g/mol. The number of anilines is 1. The number of rotatable bonds is 7. The van der Waals surface area contributed by atoms with E-state index in [9.17, 15) is 9.59 Å². The van der Waals surface area contributed by atoms with E-state index in [1.54, 1.807) is 25.6 Å². The van der Waals surface area contributed by atoms with Gasteiger partial charge in [0.25, 0.3) is 5.91 Å². The third-order valence-electron chi connectivity index (χ3n) is 4.75. The molecule has 0 spiro atoms. The van der Waals surface area contributed by atoms with Crippen molar-refractivity contribution in [2.75, 3.05) is 32.1 Å². The summed E-state index contributed by atoms with van der Waals surface area (Å²) in [6.07, 6.45) is 3.72. The third kappa shape index (κ3) is 4.86. The number of nitrogens with one attached hydrogen (secondary N) is 2. The molecule has 1 aromatic heterocycles. The quantitative estimate of drug-likeness (QED) is 0.755. The van der Waals surface area contributed by atoms with Gasteiger partial charge in [-0.15, -0.1) is 10.2 Å². The molecule has 2 aromatic rings. The molecule has 1 saturated heterocycles. The molecule has 9 nitrogen and oxygen atoms in total. The van der Waals surface area contributed by atoms with Crippen LogP contribution in [0.3, 0.4) is 0 Å². The lowest BCUT2D eigenvalue weighted by atomic mass is 10.1. The highest BCUT2D eigenvalue weighted by atomic mass is 16.5. The first-order valence-corrected chi connectivity index (χ1v) is 9.39. The third-order valence-corrected chi connectivity index (χ3v) is 4.75. The summed E-state index contributed by atoms with van der Waals surface area (Å²) in [4.78, 5) is 26.6. The van der Waals surface area contributed by atoms with Crippen molar-refractivity contribution in [3.05, 3.63) is 41.5 Å². The number of nitrogens with zero attached hydrogens (tertiary/aromatic N) is 4. The molecule has 0 atom stereocenters. The Morgan fingerprint density at radius 1 is 1.25 bits per heavy atom. The minimum atomic E-state index is -0.344. The number of hydrogen-bond donors (Lipinski definition) is 2. The number of urea groups is 1. The van der Waals surface area contributed by atoms with Crippen LogP contribution in [0, 0.1) is 6.92 Å². The molecule has 1 aromatic carbocycles. The smallest absolute Gasteiger partial charge is 0.319 e. The summed E-state index contributed by atoms with van der Waals surface area (Å²) in [6.45, 7) is 4.91. The predicted molar refractivity (Wildman–Crippen MR) is 104 cm³/mol. The Hall–Kier alpha value is -2.94. The topological polar surface area (TPSA) is 101 Å². The molecule has 28 heavy (non-hydrogen) atoms. The van der Waals surface area contributed by atoms with Crippen LogP contribution in [0.5, 0.6) is 0 Å². The first kappa shape index (κ1) is 19.8. The Kier molecular flexibility index (Phi) is 6.59. The van der Waals surface area contributed by atoms with Gasteiger partial charge < -0.3 is 24.8 Å². The molecule has 1 aliphatic rings. The molecule has 0 bridgehead atoms. The van der Waals surface area contributed by atoms with Gasteiger partial charge >= 0.3 is 6.03 Å². The number of amides is 3. The van der Waals surface area contributed by atoms with Crippen molar-refractivity contribution in [1.29, 1.82) is 0 Å². The number of aryl methyl sites for hydroxylation is 1. The van der Waals surface area contributed by atoms with Crippen LogP contribution >= 0.6 is 0 Å². The number of carbonyl (C=O) groups excluding carboxylic acids is 2. The van der Waals surface area contributed by atoms with Crippen molar-refractivity contribution in [2.45, 2.75) is 32.9 Å². The predicted octanol–water partition coefficient (Wildman–Crippen LogP) is 1.79. The lowest BCUT2D eigenvalue weighted by molar-refractivity contribution is 0.0792. The fourth-order valence-corrected chi connectivity index (χ4v) is 3.16. The molecule has 150 valence electrons. The Labute approximate surface area is 164 Å². The van der Waals surface area contributed by atoms with Crippen LogP contribution in [0.25, 0.3) is 0 Å². The monoisotopic (exact) mass is 386 g/mol. The van der Waals surface area contributed by atoms with Gasteiger partial charge in [0.2, 0.25) is 0 Å². The molecule has 2 heterocycles. The normalized spacial score (nSPS) is 13.6. The van der Waals surface area contributed by atoms with Crippen LogP contribution in [0.15, 0.2) is 24.5 Å². The van der Waals surface area contributed by atoms with Crippen LogP contribution in [0.1, 0.15) is 34.6 Å². The second-order valence-electron chi connectivity index (χ2n) is 6.77. The van der Waals surface area contributed by atoms with Crippen LogP contribution in [0.4, 0.5) is 10.5 Å². The number of carbonyl (C=O) groups is 2. The summed E-state index contributed by atoms with van der Waals surface area (Å²) in [5, 5.41) is 13.5. The fraction of sp³-hybridized carbons (Fsp3) is 0.474. The summed E-state index contributed by atoms with van der Waals surface area (Å²) in [6, 6.07) is 4.99. The van der Waals surface area contributed by atoms with Crippen molar-refractivity contribution in [2.24, 2.45) is 0 Å². The summed E-state index contributed by atoms with van der Waals surface area (Å²) >= 11 is 0. The second-order valence-corrected chi connectivity index (χ2v) is 6.77. The second kappa shape index (κ2) is 9.32. The van der Waals surface area contributed by atoms with E-state index in [4.69, 9.17) is 4.74 Å². The van der Waals surface area contributed by atoms with E-state index in [2.05, 4.69) is 20.8 Å². The number of ether oxygens (including phenoxy) is 1. The number of aromatic nitrogens is 3. The van der Waals surface area contributed by atoms with Gasteiger partial charge in [-0.25, -0.2) is 4.79 Å². The highest BCUT2D eigenvalue weighted by molar-refractivity contribution is 5.96. The minimum Gasteiger partial charge on any atom is -0.383 e. The van der Waals surface area contributed by atoms with E-state index in [0.717, 1.165) is 31.5 Å². The van der Waals surface area contributed by atoms with Crippen LogP contribution in [-0.4, -0.2) is 58.4 Å². The van der Waals surface area contributed by atoms with Gasteiger partial charge in [-0.05, 0) is 43.5 Å². The zero-order valence-electron chi connectivity index (χ0n) is 16.3. The standard InChI is InChI=1S/C19H26N6O3/c1-14-11-15(18(26)24-7-3-4-8-24)5-6-16(14)22-19(27)20-12-17-23-21-13-25(17)9-10-28-2/h5-6,11,13H,3-4,7-10,12H2,1-2H3,(H2,20,22,27). The Morgan fingerprint density at radius 3 is 2.75 bits per heavy atom. The Morgan fingerprint density at radius 2 is 2.04 bits per heavy atom. The summed E-state index contributed by atoms with van der Waals surface area (Å²) < 4.78 is 6.87. The van der Waals surface area contributed by atoms with Gasteiger partial charge in [0, 0.05) is 38.0 Å². The largest absolute Gasteiger partial charge is 0.383 e. The van der Waals surface area contributed by atoms with Crippen LogP contribution < -0.4 is 10.6 Å². The fourth-order valence-electron chi connectivity index (χ4n) is 3.16. The van der Waals surface area contributed by atoms with Gasteiger partial charge in [0.1, 0.15) is 6.33 Å². The van der Waals surface area contributed by atoms with Gasteiger partial charge in [-0.1, -0.05) is 0 Å². The number of hydrogen-bond acceptors (Lipinski definition) is 5. The van der Waals surface area contributed by atoms with E-state index in [-0.39, 0.29) is 18.5 Å². The van der Waals surface area contributed by atoms with Gasteiger partial charge in [0.05, 0.1) is 13.2 Å². The SMILES string of the molecule is COCCn1cnnc1CNC(=O)Nc1ccc(C(=O)N2CCCC2)cc1C. The first-order chi connectivity index (χ1) is 13.6. The van der Waals surface area contributed by atoms with Crippen molar-refractivity contribution in [1.82, 2.24) is 25.0 Å². The zero-order valence-corrected chi connectivity index (χ0v) is 16.3. The Balaban J connectivity index is 1.55. The maximum absolute atomic E-state index is 12.5. The van der Waals surface area contributed by atoms with Crippen molar-refractivity contribution in [3.8, 4) is 0 Å². The molecular formula is C19H26N6O3. The lowest BCUT2D eigenvalue weighted by Crippen LogP contribution is -2.30. The van der Waals surface area contributed by atoms with Gasteiger partial charge in [-0.3, -0.25) is 4.79 Å². The molecule has 2 N–H and O–H groups in total. The molecule has 3 amide bonds. The zero-order chi connectivity index (χ0) is 19.9. The van der Waals surface area contributed by atoms with Crippen LogP contribution in [0.2, 0.25) is 0 Å². The van der Waals surface area contributed by atoms with E-state index >= 15 is 0 Å². The average molecular weight is 386 g/mol. The van der Waals surface area contributed by atoms with Crippen molar-refractivity contribution < 1.29 is 14.3 Å². The Bertz CT molecular complexity index is 829. The molecule has 1 aliphatic heterocycles. The first-order valence-electron chi connectivity index (χ1n) is 9.39. The molecule has 3 rings (SSSR count). The maximum Gasteiger partial charge on any atom is 0.319 e. The maximum atomic E-state index is 12.5. The van der Waals surface area contributed by atoms with E-state index < -0.39 is 0 Å². The highest BCUT2D eigenvalue weighted by Crippen LogP contribution is 2.19. The number of benzene rings is 1.